The fraction of sp³-hybridized carbons (Fsp3) is 0.400. The summed E-state index contributed by atoms with van der Waals surface area (Å²) in [5.74, 6) is -2.65. The number of carbonyl (C=O) groups is 3. The van der Waals surface area contributed by atoms with Gasteiger partial charge in [0.25, 0.3) is 5.91 Å². The van der Waals surface area contributed by atoms with Gasteiger partial charge in [-0.2, -0.15) is 0 Å². The fourth-order valence-electron chi connectivity index (χ4n) is 2.25. The molecule has 0 saturated heterocycles. The Kier molecular flexibility index (Phi) is 5.86. The van der Waals surface area contributed by atoms with E-state index in [0.29, 0.717) is 28.3 Å². The molecule has 0 aliphatic rings. The number of aryl methyl sites for hydroxylation is 1. The molecule has 0 radical (unpaired) electrons. The summed E-state index contributed by atoms with van der Waals surface area (Å²) in [5.41, 5.74) is 0.587. The number of ether oxygens (including phenoxy) is 1. The van der Waals surface area contributed by atoms with Gasteiger partial charge in [0.15, 0.2) is 0 Å². The molecule has 2 aromatic rings. The standard InChI is InChI=1S/C15H17N3O6S/c1-3-24-13-10-7(2)11(25-14(10)17-6-16-13)12(21)18-8(15(22)23)4-5-9(19)20/h6,8H,3-5H2,1-2H3,(H,18,21)(H,19,20)(H,22,23). The average molecular weight is 367 g/mol. The topological polar surface area (TPSA) is 139 Å². The summed E-state index contributed by atoms with van der Waals surface area (Å²) in [5, 5.41) is 20.8. The molecule has 0 aliphatic heterocycles. The van der Waals surface area contributed by atoms with E-state index >= 15 is 0 Å². The molecule has 2 heterocycles. The van der Waals surface area contributed by atoms with Crippen LogP contribution in [0.15, 0.2) is 6.33 Å². The number of carboxylic acid groups (broad SMARTS) is 2. The number of aromatic nitrogens is 2. The molecule has 0 fully saturated rings. The maximum absolute atomic E-state index is 12.5. The van der Waals surface area contributed by atoms with Crippen LogP contribution in [0.25, 0.3) is 10.2 Å². The summed E-state index contributed by atoms with van der Waals surface area (Å²) in [7, 11) is 0. The molecule has 0 aliphatic carbocycles. The van der Waals surface area contributed by atoms with Gasteiger partial charge < -0.3 is 20.3 Å². The van der Waals surface area contributed by atoms with Crippen molar-refractivity contribution in [3.8, 4) is 5.88 Å². The largest absolute Gasteiger partial charge is 0.481 e. The normalized spacial score (nSPS) is 11.9. The molecule has 0 saturated carbocycles. The third-order valence-electron chi connectivity index (χ3n) is 3.43. The Hall–Kier alpha value is -2.75. The SMILES string of the molecule is CCOc1ncnc2sc(C(=O)NC(CCC(=O)O)C(=O)O)c(C)c12. The number of fused-ring (bicyclic) bond motifs is 1. The molecule has 1 unspecified atom stereocenters. The van der Waals surface area contributed by atoms with Gasteiger partial charge in [0.1, 0.15) is 17.2 Å². The highest BCUT2D eigenvalue weighted by Crippen LogP contribution is 2.34. The molecular formula is C15H17N3O6S. The van der Waals surface area contributed by atoms with Crippen LogP contribution < -0.4 is 10.1 Å². The number of aliphatic carboxylic acids is 2. The summed E-state index contributed by atoms with van der Waals surface area (Å²) < 4.78 is 5.44. The first-order chi connectivity index (χ1) is 11.8. The lowest BCUT2D eigenvalue weighted by Crippen LogP contribution is -2.41. The first-order valence-electron chi connectivity index (χ1n) is 7.47. The van der Waals surface area contributed by atoms with E-state index in [9.17, 15) is 14.4 Å². The second-order valence-corrected chi connectivity index (χ2v) is 6.14. The van der Waals surface area contributed by atoms with Crippen LogP contribution >= 0.6 is 11.3 Å². The van der Waals surface area contributed by atoms with Crippen LogP contribution in [0.4, 0.5) is 0 Å². The molecular weight excluding hydrogens is 350 g/mol. The van der Waals surface area contributed by atoms with E-state index in [-0.39, 0.29) is 17.7 Å². The van der Waals surface area contributed by atoms with E-state index in [1.54, 1.807) is 6.92 Å². The van der Waals surface area contributed by atoms with Crippen molar-refractivity contribution >= 4 is 39.4 Å². The number of nitrogens with one attached hydrogen (secondary N) is 1. The minimum atomic E-state index is -1.29. The maximum Gasteiger partial charge on any atom is 0.326 e. The first kappa shape index (κ1) is 18.6. The Bertz CT molecular complexity index is 819. The van der Waals surface area contributed by atoms with Crippen LogP contribution in [-0.4, -0.2) is 50.7 Å². The van der Waals surface area contributed by atoms with Crippen molar-refractivity contribution in [2.24, 2.45) is 0 Å². The number of amides is 1. The van der Waals surface area contributed by atoms with Gasteiger partial charge >= 0.3 is 11.9 Å². The zero-order chi connectivity index (χ0) is 18.6. The van der Waals surface area contributed by atoms with Crippen LogP contribution in [0.3, 0.4) is 0 Å². The van der Waals surface area contributed by atoms with E-state index in [1.807, 2.05) is 6.92 Å². The van der Waals surface area contributed by atoms with E-state index in [4.69, 9.17) is 14.9 Å². The number of carbonyl (C=O) groups excluding carboxylic acids is 1. The average Bonchev–Trinajstić information content (AvgIpc) is 2.89. The highest BCUT2D eigenvalue weighted by atomic mass is 32.1. The number of carboxylic acids is 2. The van der Waals surface area contributed by atoms with E-state index < -0.39 is 23.9 Å². The van der Waals surface area contributed by atoms with Gasteiger partial charge in [0.05, 0.1) is 16.9 Å². The van der Waals surface area contributed by atoms with Crippen LogP contribution in [0.2, 0.25) is 0 Å². The van der Waals surface area contributed by atoms with Crippen molar-refractivity contribution in [3.05, 3.63) is 16.8 Å². The molecule has 2 rings (SSSR count). The van der Waals surface area contributed by atoms with Gasteiger partial charge in [-0.1, -0.05) is 0 Å². The summed E-state index contributed by atoms with van der Waals surface area (Å²) >= 11 is 1.10. The molecule has 0 aromatic carbocycles. The predicted molar refractivity (Wildman–Crippen MR) is 89.1 cm³/mol. The monoisotopic (exact) mass is 367 g/mol. The van der Waals surface area contributed by atoms with Crippen molar-refractivity contribution in [1.82, 2.24) is 15.3 Å². The van der Waals surface area contributed by atoms with Crippen molar-refractivity contribution in [2.45, 2.75) is 32.7 Å². The second-order valence-electron chi connectivity index (χ2n) is 5.14. The summed E-state index contributed by atoms with van der Waals surface area (Å²) in [4.78, 5) is 43.3. The van der Waals surface area contributed by atoms with Gasteiger partial charge in [0, 0.05) is 6.42 Å². The van der Waals surface area contributed by atoms with Gasteiger partial charge in [-0.15, -0.1) is 11.3 Å². The second kappa shape index (κ2) is 7.88. The Labute approximate surface area is 146 Å². The molecule has 1 atom stereocenters. The molecule has 134 valence electrons. The summed E-state index contributed by atoms with van der Waals surface area (Å²) in [6.07, 6.45) is 0.769. The zero-order valence-corrected chi connectivity index (χ0v) is 14.4. The first-order valence-corrected chi connectivity index (χ1v) is 8.29. The van der Waals surface area contributed by atoms with E-state index in [2.05, 4.69) is 15.3 Å². The van der Waals surface area contributed by atoms with Crippen molar-refractivity contribution in [3.63, 3.8) is 0 Å². The van der Waals surface area contributed by atoms with Gasteiger partial charge in [-0.3, -0.25) is 9.59 Å². The molecule has 10 heteroatoms. The molecule has 25 heavy (non-hydrogen) atoms. The van der Waals surface area contributed by atoms with Crippen molar-refractivity contribution < 1.29 is 29.3 Å². The molecule has 1 amide bonds. The number of hydrogen-bond acceptors (Lipinski definition) is 7. The van der Waals surface area contributed by atoms with Crippen LogP contribution in [0.1, 0.15) is 35.0 Å². The lowest BCUT2D eigenvalue weighted by molar-refractivity contribution is -0.140. The number of nitrogens with zero attached hydrogens (tertiary/aromatic N) is 2. The smallest absolute Gasteiger partial charge is 0.326 e. The Morgan fingerprint density at radius 2 is 2.04 bits per heavy atom. The third-order valence-corrected chi connectivity index (χ3v) is 4.63. The number of thiophene rings is 1. The van der Waals surface area contributed by atoms with Gasteiger partial charge in [-0.25, -0.2) is 14.8 Å². The lowest BCUT2D eigenvalue weighted by atomic mass is 10.1. The number of rotatable bonds is 8. The molecule has 3 N–H and O–H groups in total. The molecule has 0 bridgehead atoms. The third kappa shape index (κ3) is 4.21. The minimum Gasteiger partial charge on any atom is -0.481 e. The van der Waals surface area contributed by atoms with Crippen molar-refractivity contribution in [2.75, 3.05) is 6.61 Å². The maximum atomic E-state index is 12.5. The van der Waals surface area contributed by atoms with Crippen LogP contribution in [0, 0.1) is 6.92 Å². The van der Waals surface area contributed by atoms with Gasteiger partial charge in [-0.05, 0) is 25.8 Å². The highest BCUT2D eigenvalue weighted by Gasteiger charge is 2.25. The van der Waals surface area contributed by atoms with Crippen molar-refractivity contribution in [1.29, 1.82) is 0 Å². The van der Waals surface area contributed by atoms with E-state index in [0.717, 1.165) is 11.3 Å². The van der Waals surface area contributed by atoms with Gasteiger partial charge in [0.2, 0.25) is 5.88 Å². The summed E-state index contributed by atoms with van der Waals surface area (Å²) in [6.45, 7) is 3.91. The zero-order valence-electron chi connectivity index (χ0n) is 13.6. The predicted octanol–water partition coefficient (Wildman–Crippen LogP) is 1.45. The quantitative estimate of drug-likeness (QED) is 0.637. The fourth-order valence-corrected chi connectivity index (χ4v) is 3.29. The van der Waals surface area contributed by atoms with Crippen LogP contribution in [0.5, 0.6) is 5.88 Å². The Morgan fingerprint density at radius 1 is 1.32 bits per heavy atom. The Balaban J connectivity index is 2.29. The summed E-state index contributed by atoms with van der Waals surface area (Å²) in [6, 6.07) is -1.29. The Morgan fingerprint density at radius 3 is 2.64 bits per heavy atom. The van der Waals surface area contributed by atoms with Crippen LogP contribution in [-0.2, 0) is 9.59 Å². The highest BCUT2D eigenvalue weighted by molar-refractivity contribution is 7.20. The minimum absolute atomic E-state index is 0.204. The molecule has 2 aromatic heterocycles. The van der Waals surface area contributed by atoms with E-state index in [1.165, 1.54) is 6.33 Å². The number of hydrogen-bond donors (Lipinski definition) is 3. The lowest BCUT2D eigenvalue weighted by Gasteiger charge is -2.13. The molecule has 9 nitrogen and oxygen atoms in total. The molecule has 0 spiro atoms.